The zero-order valence-electron chi connectivity index (χ0n) is 7.42. The van der Waals surface area contributed by atoms with E-state index < -0.39 is 0 Å². The molecule has 11 heavy (non-hydrogen) atoms. The molecule has 0 aliphatic rings. The average molecular weight is 153 g/mol. The van der Waals surface area contributed by atoms with E-state index in [2.05, 4.69) is 18.8 Å². The van der Waals surface area contributed by atoms with Gasteiger partial charge in [0.15, 0.2) is 5.89 Å². The van der Waals surface area contributed by atoms with Crippen molar-refractivity contribution in [1.29, 1.82) is 0 Å². The molecule has 0 unspecified atom stereocenters. The van der Waals surface area contributed by atoms with Gasteiger partial charge in [-0.15, -0.1) is 0 Å². The maximum Gasteiger partial charge on any atom is 0.191 e. The van der Waals surface area contributed by atoms with Crippen LogP contribution in [0.3, 0.4) is 0 Å². The summed E-state index contributed by atoms with van der Waals surface area (Å²) in [6.07, 6.45) is 4.05. The van der Waals surface area contributed by atoms with E-state index >= 15 is 0 Å². The highest BCUT2D eigenvalue weighted by Gasteiger charge is 2.10. The van der Waals surface area contributed by atoms with E-state index in [0.29, 0.717) is 5.92 Å². The lowest BCUT2D eigenvalue weighted by Gasteiger charge is -2.06. The molecule has 0 atom stereocenters. The van der Waals surface area contributed by atoms with Crippen LogP contribution in [0.4, 0.5) is 0 Å². The van der Waals surface area contributed by atoms with Crippen LogP contribution in [0.2, 0.25) is 0 Å². The summed E-state index contributed by atoms with van der Waals surface area (Å²) in [6, 6.07) is 0. The molecule has 2 nitrogen and oxygen atoms in total. The van der Waals surface area contributed by atoms with Gasteiger partial charge in [-0.05, 0) is 12.8 Å². The number of nitrogens with zero attached hydrogens (tertiary/aromatic N) is 1. The summed E-state index contributed by atoms with van der Waals surface area (Å²) in [6.45, 7) is 6.24. The minimum atomic E-state index is 0.576. The Balaban J connectivity index is 2.73. The fraction of sp³-hybridized carbons (Fsp3) is 0.667. The Morgan fingerprint density at radius 1 is 1.45 bits per heavy atom. The number of oxazole rings is 1. The summed E-state index contributed by atoms with van der Waals surface area (Å²) in [5.41, 5.74) is 1.10. The zero-order valence-corrected chi connectivity index (χ0v) is 7.42. The van der Waals surface area contributed by atoms with Gasteiger partial charge in [-0.25, -0.2) is 4.98 Å². The summed E-state index contributed by atoms with van der Waals surface area (Å²) in [5, 5.41) is 0. The zero-order chi connectivity index (χ0) is 8.27. The maximum atomic E-state index is 5.14. The second-order valence-corrected chi connectivity index (χ2v) is 2.80. The van der Waals surface area contributed by atoms with Crippen molar-refractivity contribution in [3.05, 3.63) is 17.8 Å². The number of aryl methyl sites for hydroxylation is 1. The van der Waals surface area contributed by atoms with Gasteiger partial charge < -0.3 is 4.42 Å². The molecule has 0 saturated carbocycles. The van der Waals surface area contributed by atoms with Crippen LogP contribution in [0, 0.1) is 6.92 Å². The molecular formula is C9H15NO. The normalized spacial score (nSPS) is 10.9. The van der Waals surface area contributed by atoms with Crippen LogP contribution in [0.5, 0.6) is 0 Å². The molecule has 0 N–H and O–H groups in total. The molecule has 1 heterocycles. The third kappa shape index (κ3) is 1.82. The van der Waals surface area contributed by atoms with Gasteiger partial charge in [-0.3, -0.25) is 0 Å². The molecule has 0 bridgehead atoms. The molecule has 1 aromatic rings. The summed E-state index contributed by atoms with van der Waals surface area (Å²) < 4.78 is 5.14. The Morgan fingerprint density at radius 3 is 2.45 bits per heavy atom. The van der Waals surface area contributed by atoms with Gasteiger partial charge in [0, 0.05) is 12.8 Å². The topological polar surface area (TPSA) is 26.0 Å². The molecular weight excluding hydrogens is 138 g/mol. The van der Waals surface area contributed by atoms with Gasteiger partial charge in [0.2, 0.25) is 0 Å². The lowest BCUT2D eigenvalue weighted by Crippen LogP contribution is -1.95. The maximum absolute atomic E-state index is 5.14. The summed E-state index contributed by atoms with van der Waals surface area (Å²) >= 11 is 0. The number of hydrogen-bond donors (Lipinski definition) is 0. The molecule has 0 aromatic carbocycles. The van der Waals surface area contributed by atoms with Crippen LogP contribution in [0.15, 0.2) is 10.7 Å². The second kappa shape index (κ2) is 3.56. The van der Waals surface area contributed by atoms with Crippen LogP contribution in [-0.4, -0.2) is 4.98 Å². The first kappa shape index (κ1) is 8.31. The average Bonchev–Trinajstić information content (AvgIpc) is 2.39. The Hall–Kier alpha value is -0.790. The Kier molecular flexibility index (Phi) is 2.69. The molecule has 1 aromatic heterocycles. The highest BCUT2D eigenvalue weighted by molar-refractivity contribution is 5.02. The van der Waals surface area contributed by atoms with E-state index in [1.54, 1.807) is 6.26 Å². The van der Waals surface area contributed by atoms with Crippen LogP contribution in [-0.2, 0) is 0 Å². The van der Waals surface area contributed by atoms with E-state index in [0.717, 1.165) is 24.4 Å². The SMILES string of the molecule is CCC(CC)c1coc(C)n1. The standard InChI is InChI=1S/C9H15NO/c1-4-8(5-2)9-6-11-7(3)10-9/h6,8H,4-5H2,1-3H3. The fourth-order valence-electron chi connectivity index (χ4n) is 1.27. The van der Waals surface area contributed by atoms with Crippen molar-refractivity contribution in [1.82, 2.24) is 4.98 Å². The minimum Gasteiger partial charge on any atom is -0.449 e. The molecule has 0 radical (unpaired) electrons. The highest BCUT2D eigenvalue weighted by Crippen LogP contribution is 2.21. The molecule has 0 aliphatic heterocycles. The lowest BCUT2D eigenvalue weighted by molar-refractivity contribution is 0.518. The smallest absolute Gasteiger partial charge is 0.191 e. The van der Waals surface area contributed by atoms with E-state index in [-0.39, 0.29) is 0 Å². The van der Waals surface area contributed by atoms with E-state index in [1.165, 1.54) is 0 Å². The van der Waals surface area contributed by atoms with Gasteiger partial charge in [0.1, 0.15) is 6.26 Å². The highest BCUT2D eigenvalue weighted by atomic mass is 16.3. The quantitative estimate of drug-likeness (QED) is 0.667. The number of hydrogen-bond acceptors (Lipinski definition) is 2. The van der Waals surface area contributed by atoms with Crippen LogP contribution in [0.25, 0.3) is 0 Å². The first-order valence-electron chi connectivity index (χ1n) is 4.20. The molecule has 0 aliphatic carbocycles. The minimum absolute atomic E-state index is 0.576. The predicted octanol–water partition coefficient (Wildman–Crippen LogP) is 2.89. The Bertz CT molecular complexity index is 213. The summed E-state index contributed by atoms with van der Waals surface area (Å²) in [5.74, 6) is 1.35. The molecule has 0 amide bonds. The van der Waals surface area contributed by atoms with Crippen LogP contribution < -0.4 is 0 Å². The third-order valence-electron chi connectivity index (χ3n) is 2.04. The molecule has 1 rings (SSSR count). The van der Waals surface area contributed by atoms with Crippen molar-refractivity contribution in [2.45, 2.75) is 39.5 Å². The van der Waals surface area contributed by atoms with Crippen molar-refractivity contribution in [3.8, 4) is 0 Å². The summed E-state index contributed by atoms with van der Waals surface area (Å²) in [7, 11) is 0. The number of aromatic nitrogens is 1. The Labute approximate surface area is 67.6 Å². The molecule has 0 fully saturated rings. The summed E-state index contributed by atoms with van der Waals surface area (Å²) in [4.78, 5) is 4.29. The second-order valence-electron chi connectivity index (χ2n) is 2.80. The van der Waals surface area contributed by atoms with Gasteiger partial charge >= 0.3 is 0 Å². The van der Waals surface area contributed by atoms with Gasteiger partial charge in [-0.1, -0.05) is 13.8 Å². The number of rotatable bonds is 3. The molecule has 62 valence electrons. The van der Waals surface area contributed by atoms with Crippen LogP contribution in [0.1, 0.15) is 44.2 Å². The van der Waals surface area contributed by atoms with Gasteiger partial charge in [-0.2, -0.15) is 0 Å². The Morgan fingerprint density at radius 2 is 2.09 bits per heavy atom. The third-order valence-corrected chi connectivity index (χ3v) is 2.04. The van der Waals surface area contributed by atoms with Crippen molar-refractivity contribution in [2.75, 3.05) is 0 Å². The predicted molar refractivity (Wildman–Crippen MR) is 44.6 cm³/mol. The molecule has 0 spiro atoms. The largest absolute Gasteiger partial charge is 0.449 e. The van der Waals surface area contributed by atoms with Crippen molar-refractivity contribution >= 4 is 0 Å². The van der Waals surface area contributed by atoms with E-state index in [1.807, 2.05) is 6.92 Å². The lowest BCUT2D eigenvalue weighted by atomic mass is 10.0. The first-order chi connectivity index (χ1) is 5.27. The van der Waals surface area contributed by atoms with Crippen molar-refractivity contribution in [3.63, 3.8) is 0 Å². The molecule has 2 heteroatoms. The van der Waals surface area contributed by atoms with Gasteiger partial charge in [0.05, 0.1) is 5.69 Å². The van der Waals surface area contributed by atoms with Gasteiger partial charge in [0.25, 0.3) is 0 Å². The van der Waals surface area contributed by atoms with Crippen molar-refractivity contribution in [2.24, 2.45) is 0 Å². The van der Waals surface area contributed by atoms with E-state index in [4.69, 9.17) is 4.42 Å². The molecule has 0 saturated heterocycles. The first-order valence-corrected chi connectivity index (χ1v) is 4.20. The van der Waals surface area contributed by atoms with Crippen molar-refractivity contribution < 1.29 is 4.42 Å². The monoisotopic (exact) mass is 153 g/mol. The van der Waals surface area contributed by atoms with Crippen LogP contribution >= 0.6 is 0 Å². The fourth-order valence-corrected chi connectivity index (χ4v) is 1.27. The van der Waals surface area contributed by atoms with E-state index in [9.17, 15) is 0 Å².